The molecule has 2 N–H and O–H groups in total. The van der Waals surface area contributed by atoms with Crippen molar-refractivity contribution >= 4 is 18.0 Å². The molecule has 3 aromatic carbocycles. The molecule has 0 amide bonds. The number of aliphatic imine (C=N–C) groups is 1. The van der Waals surface area contributed by atoms with E-state index in [1.807, 2.05) is 72.9 Å². The molecule has 142 valence electrons. The molecule has 0 saturated heterocycles. The Morgan fingerprint density at radius 3 is 1.89 bits per heavy atom. The molecule has 1 atom stereocenters. The van der Waals surface area contributed by atoms with Crippen LogP contribution in [0.4, 0.5) is 5.69 Å². The summed E-state index contributed by atoms with van der Waals surface area (Å²) in [6.07, 6.45) is 9.04. The van der Waals surface area contributed by atoms with E-state index in [0.29, 0.717) is 6.04 Å². The number of hydrogen-bond donors (Lipinski definition) is 1. The number of hydrogen-bond acceptors (Lipinski definition) is 2. The summed E-state index contributed by atoms with van der Waals surface area (Å²) in [7, 11) is 0. The van der Waals surface area contributed by atoms with E-state index in [0.717, 1.165) is 17.7 Å². The highest BCUT2D eigenvalue weighted by Gasteiger charge is 2.13. The zero-order chi connectivity index (χ0) is 19.4. The van der Waals surface area contributed by atoms with E-state index < -0.39 is 0 Å². The summed E-state index contributed by atoms with van der Waals surface area (Å²) in [5.41, 5.74) is 10.9. The monoisotopic (exact) mass is 368 g/mol. The maximum absolute atomic E-state index is 6.06. The van der Waals surface area contributed by atoms with Gasteiger partial charge in [-0.25, -0.2) is 0 Å². The number of rotatable bonds is 3. The molecule has 1 aliphatic carbocycles. The highest BCUT2D eigenvalue weighted by molar-refractivity contribution is 5.81. The standard InChI is InChI=1S/C13H11N.C13H17N/c1-3-7-12(8-4-1)11-14-13-9-5-2-6-10-13;14-13-9-5-4-8-12(13)10-11-6-2-1-3-7-11/h1-11H;1-3,6-7,10,13H,4-5,8-9,14H2. The molecule has 3 aromatic rings. The summed E-state index contributed by atoms with van der Waals surface area (Å²) >= 11 is 0. The normalized spacial score (nSPS) is 17.9. The number of nitrogens with two attached hydrogens (primary N) is 1. The lowest BCUT2D eigenvalue weighted by molar-refractivity contribution is 0.540. The summed E-state index contributed by atoms with van der Waals surface area (Å²) < 4.78 is 0. The molecule has 0 aliphatic heterocycles. The quantitative estimate of drug-likeness (QED) is 0.533. The Morgan fingerprint density at radius 2 is 1.29 bits per heavy atom. The topological polar surface area (TPSA) is 38.4 Å². The molecule has 0 aromatic heterocycles. The first-order chi connectivity index (χ1) is 13.8. The highest BCUT2D eigenvalue weighted by Crippen LogP contribution is 2.24. The van der Waals surface area contributed by atoms with E-state index in [2.05, 4.69) is 35.3 Å². The van der Waals surface area contributed by atoms with E-state index >= 15 is 0 Å². The first-order valence-electron chi connectivity index (χ1n) is 9.96. The molecule has 0 spiro atoms. The Kier molecular flexibility index (Phi) is 7.78. The van der Waals surface area contributed by atoms with Crippen LogP contribution in [0.2, 0.25) is 0 Å². The fraction of sp³-hybridized carbons (Fsp3) is 0.192. The van der Waals surface area contributed by atoms with Crippen LogP contribution in [0.15, 0.2) is 102 Å². The van der Waals surface area contributed by atoms with Crippen molar-refractivity contribution < 1.29 is 0 Å². The molecular weight excluding hydrogens is 340 g/mol. The van der Waals surface area contributed by atoms with Crippen LogP contribution in [0.1, 0.15) is 36.8 Å². The van der Waals surface area contributed by atoms with Crippen LogP contribution in [-0.4, -0.2) is 12.3 Å². The number of benzene rings is 3. The van der Waals surface area contributed by atoms with Crippen LogP contribution in [-0.2, 0) is 0 Å². The van der Waals surface area contributed by atoms with Gasteiger partial charge in [-0.05, 0) is 42.5 Å². The average Bonchev–Trinajstić information content (AvgIpc) is 2.77. The highest BCUT2D eigenvalue weighted by atomic mass is 14.7. The van der Waals surface area contributed by atoms with Gasteiger partial charge in [0.05, 0.1) is 5.69 Å². The number of para-hydroxylation sites is 1. The van der Waals surface area contributed by atoms with Crippen molar-refractivity contribution in [3.63, 3.8) is 0 Å². The lowest BCUT2D eigenvalue weighted by Gasteiger charge is -2.21. The van der Waals surface area contributed by atoms with E-state index in [1.165, 1.54) is 30.4 Å². The van der Waals surface area contributed by atoms with Crippen LogP contribution < -0.4 is 5.73 Å². The summed E-state index contributed by atoms with van der Waals surface area (Å²) in [5.74, 6) is 0. The first-order valence-corrected chi connectivity index (χ1v) is 9.96. The Balaban J connectivity index is 0.000000161. The third-order valence-corrected chi connectivity index (χ3v) is 4.78. The second-order valence-corrected chi connectivity index (χ2v) is 6.99. The summed E-state index contributed by atoms with van der Waals surface area (Å²) in [6, 6.07) is 30.8. The summed E-state index contributed by atoms with van der Waals surface area (Å²) in [4.78, 5) is 4.35. The molecule has 1 unspecified atom stereocenters. The Hall–Kier alpha value is -2.97. The van der Waals surface area contributed by atoms with Gasteiger partial charge in [-0.3, -0.25) is 4.99 Å². The molecule has 0 radical (unpaired) electrons. The van der Waals surface area contributed by atoms with Crippen LogP contribution in [0.5, 0.6) is 0 Å². The van der Waals surface area contributed by atoms with Crippen LogP contribution in [0.3, 0.4) is 0 Å². The summed E-state index contributed by atoms with van der Waals surface area (Å²) in [5, 5.41) is 0. The summed E-state index contributed by atoms with van der Waals surface area (Å²) in [6.45, 7) is 0. The van der Waals surface area contributed by atoms with Gasteiger partial charge in [0.2, 0.25) is 0 Å². The molecule has 0 heterocycles. The van der Waals surface area contributed by atoms with Crippen LogP contribution >= 0.6 is 0 Å². The van der Waals surface area contributed by atoms with Crippen molar-refractivity contribution in [1.82, 2.24) is 0 Å². The average molecular weight is 369 g/mol. The van der Waals surface area contributed by atoms with E-state index in [4.69, 9.17) is 5.73 Å². The predicted octanol–water partition coefficient (Wildman–Crippen LogP) is 6.41. The van der Waals surface area contributed by atoms with Gasteiger partial charge in [0.25, 0.3) is 0 Å². The maximum atomic E-state index is 6.06. The van der Waals surface area contributed by atoms with Gasteiger partial charge < -0.3 is 5.73 Å². The van der Waals surface area contributed by atoms with Crippen LogP contribution in [0, 0.1) is 0 Å². The maximum Gasteiger partial charge on any atom is 0.0629 e. The van der Waals surface area contributed by atoms with E-state index in [-0.39, 0.29) is 0 Å². The Morgan fingerprint density at radius 1 is 0.714 bits per heavy atom. The molecule has 4 rings (SSSR count). The van der Waals surface area contributed by atoms with Crippen molar-refractivity contribution in [2.45, 2.75) is 31.7 Å². The van der Waals surface area contributed by atoms with Gasteiger partial charge in [-0.15, -0.1) is 0 Å². The zero-order valence-electron chi connectivity index (χ0n) is 16.2. The molecular formula is C26H28N2. The molecule has 1 saturated carbocycles. The van der Waals surface area contributed by atoms with E-state index in [1.54, 1.807) is 0 Å². The lowest BCUT2D eigenvalue weighted by Crippen LogP contribution is -2.25. The van der Waals surface area contributed by atoms with Crippen molar-refractivity contribution in [2.75, 3.05) is 0 Å². The predicted molar refractivity (Wildman–Crippen MR) is 121 cm³/mol. The van der Waals surface area contributed by atoms with Gasteiger partial charge in [0.1, 0.15) is 0 Å². The van der Waals surface area contributed by atoms with Gasteiger partial charge in [0.15, 0.2) is 0 Å². The van der Waals surface area contributed by atoms with Crippen molar-refractivity contribution in [2.24, 2.45) is 10.7 Å². The molecule has 0 bridgehead atoms. The minimum absolute atomic E-state index is 0.295. The Bertz CT molecular complexity index is 827. The molecule has 2 heteroatoms. The third-order valence-electron chi connectivity index (χ3n) is 4.78. The Labute approximate surface area is 168 Å². The lowest BCUT2D eigenvalue weighted by atomic mass is 9.89. The van der Waals surface area contributed by atoms with Gasteiger partial charge >= 0.3 is 0 Å². The molecule has 28 heavy (non-hydrogen) atoms. The van der Waals surface area contributed by atoms with Crippen LogP contribution in [0.25, 0.3) is 6.08 Å². The third kappa shape index (κ3) is 6.64. The minimum Gasteiger partial charge on any atom is -0.324 e. The van der Waals surface area contributed by atoms with Gasteiger partial charge in [0, 0.05) is 12.3 Å². The largest absolute Gasteiger partial charge is 0.324 e. The van der Waals surface area contributed by atoms with Crippen molar-refractivity contribution in [3.8, 4) is 0 Å². The zero-order valence-corrected chi connectivity index (χ0v) is 16.2. The van der Waals surface area contributed by atoms with Gasteiger partial charge in [-0.2, -0.15) is 0 Å². The molecule has 1 fully saturated rings. The molecule has 1 aliphatic rings. The SMILES string of the molecule is C(=Nc1ccccc1)c1ccccc1.NC1CCCCC1=Cc1ccccc1. The first kappa shape index (κ1) is 19.8. The van der Waals surface area contributed by atoms with Crippen molar-refractivity contribution in [1.29, 1.82) is 0 Å². The minimum atomic E-state index is 0.295. The fourth-order valence-corrected chi connectivity index (χ4v) is 3.21. The molecule has 2 nitrogen and oxygen atoms in total. The van der Waals surface area contributed by atoms with Gasteiger partial charge in [-0.1, -0.05) is 96.9 Å². The van der Waals surface area contributed by atoms with Crippen molar-refractivity contribution in [3.05, 3.63) is 108 Å². The second-order valence-electron chi connectivity index (χ2n) is 6.99. The second kappa shape index (κ2) is 11.0. The number of nitrogens with zero attached hydrogens (tertiary/aromatic N) is 1. The smallest absolute Gasteiger partial charge is 0.0629 e. The van der Waals surface area contributed by atoms with E-state index in [9.17, 15) is 0 Å². The fourth-order valence-electron chi connectivity index (χ4n) is 3.21.